The number of rotatable bonds is 3. The van der Waals surface area contributed by atoms with Crippen LogP contribution in [0, 0.1) is 0 Å². The van der Waals surface area contributed by atoms with E-state index in [0.29, 0.717) is 13.2 Å². The van der Waals surface area contributed by atoms with Crippen LogP contribution < -0.4 is 0 Å². The first-order valence-corrected chi connectivity index (χ1v) is 2.63. The van der Waals surface area contributed by atoms with Gasteiger partial charge in [0.05, 0.1) is 13.2 Å². The molecule has 1 aromatic heterocycles. The molecule has 0 fully saturated rings. The highest BCUT2D eigenvalue weighted by molar-refractivity contribution is 4.44. The molecule has 0 unspecified atom stereocenters. The van der Waals surface area contributed by atoms with Crippen LogP contribution in [-0.4, -0.2) is 33.9 Å². The number of methoxy groups -OCH3 is 1. The summed E-state index contributed by atoms with van der Waals surface area (Å²) in [7, 11) is 1.64. The molecule has 0 spiro atoms. The molecule has 0 radical (unpaired) electrons. The van der Waals surface area contributed by atoms with Gasteiger partial charge in [0.1, 0.15) is 6.33 Å². The van der Waals surface area contributed by atoms with E-state index < -0.39 is 0 Å². The van der Waals surface area contributed by atoms with Gasteiger partial charge in [-0.05, 0) is 10.4 Å². The standard InChI is InChI=1S/C4H8N4O/c1-9-3-2-8-4-5-6-7-8/h4H,2-3H2,1H3. The Labute approximate surface area is 52.6 Å². The van der Waals surface area contributed by atoms with Gasteiger partial charge in [0.15, 0.2) is 0 Å². The zero-order chi connectivity index (χ0) is 6.53. The lowest BCUT2D eigenvalue weighted by Crippen LogP contribution is -2.04. The van der Waals surface area contributed by atoms with Crippen molar-refractivity contribution in [1.82, 2.24) is 20.2 Å². The van der Waals surface area contributed by atoms with Gasteiger partial charge in [-0.3, -0.25) is 0 Å². The van der Waals surface area contributed by atoms with Crippen LogP contribution in [0.15, 0.2) is 6.33 Å². The minimum atomic E-state index is 0.644. The molecule has 0 N–H and O–H groups in total. The minimum Gasteiger partial charge on any atom is -0.383 e. The summed E-state index contributed by atoms with van der Waals surface area (Å²) in [6.07, 6.45) is 1.55. The second-order valence-electron chi connectivity index (χ2n) is 1.57. The molecular formula is C4H8N4O. The van der Waals surface area contributed by atoms with Gasteiger partial charge in [-0.1, -0.05) is 0 Å². The predicted molar refractivity (Wildman–Crippen MR) is 29.7 cm³/mol. The van der Waals surface area contributed by atoms with Crippen molar-refractivity contribution in [1.29, 1.82) is 0 Å². The zero-order valence-electron chi connectivity index (χ0n) is 5.19. The summed E-state index contributed by atoms with van der Waals surface area (Å²) in [6, 6.07) is 0. The summed E-state index contributed by atoms with van der Waals surface area (Å²) < 4.78 is 6.41. The largest absolute Gasteiger partial charge is 0.383 e. The van der Waals surface area contributed by atoms with Gasteiger partial charge in [-0.2, -0.15) is 0 Å². The summed E-state index contributed by atoms with van der Waals surface area (Å²) in [5.74, 6) is 0. The van der Waals surface area contributed by atoms with E-state index in [4.69, 9.17) is 4.74 Å². The van der Waals surface area contributed by atoms with E-state index in [2.05, 4.69) is 15.5 Å². The van der Waals surface area contributed by atoms with E-state index in [-0.39, 0.29) is 0 Å². The Morgan fingerprint density at radius 1 is 1.67 bits per heavy atom. The smallest absolute Gasteiger partial charge is 0.138 e. The highest BCUT2D eigenvalue weighted by Crippen LogP contribution is 1.76. The van der Waals surface area contributed by atoms with Gasteiger partial charge in [0.25, 0.3) is 0 Å². The Kier molecular flexibility index (Phi) is 2.14. The fourth-order valence-electron chi connectivity index (χ4n) is 0.468. The first-order chi connectivity index (χ1) is 4.43. The number of tetrazole rings is 1. The maximum atomic E-state index is 4.80. The van der Waals surface area contributed by atoms with Crippen molar-refractivity contribution in [3.63, 3.8) is 0 Å². The maximum absolute atomic E-state index is 4.80. The molecule has 5 heteroatoms. The Bertz CT molecular complexity index is 150. The van der Waals surface area contributed by atoms with Crippen LogP contribution in [0.1, 0.15) is 0 Å². The number of aromatic nitrogens is 4. The molecule has 0 saturated heterocycles. The van der Waals surface area contributed by atoms with E-state index in [0.717, 1.165) is 0 Å². The van der Waals surface area contributed by atoms with Crippen LogP contribution in [0.25, 0.3) is 0 Å². The highest BCUT2D eigenvalue weighted by atomic mass is 16.5. The minimum absolute atomic E-state index is 0.644. The van der Waals surface area contributed by atoms with Gasteiger partial charge in [-0.15, -0.1) is 5.10 Å². The topological polar surface area (TPSA) is 52.8 Å². The second-order valence-corrected chi connectivity index (χ2v) is 1.57. The molecule has 0 aliphatic rings. The van der Waals surface area contributed by atoms with Gasteiger partial charge in [0, 0.05) is 7.11 Å². The van der Waals surface area contributed by atoms with Crippen molar-refractivity contribution in [3.8, 4) is 0 Å². The normalized spacial score (nSPS) is 9.89. The predicted octanol–water partition coefficient (Wildman–Crippen LogP) is -0.681. The molecule has 0 atom stereocenters. The van der Waals surface area contributed by atoms with Crippen molar-refractivity contribution in [2.75, 3.05) is 13.7 Å². The van der Waals surface area contributed by atoms with Gasteiger partial charge in [0.2, 0.25) is 0 Å². The van der Waals surface area contributed by atoms with Crippen molar-refractivity contribution in [2.45, 2.75) is 6.54 Å². The number of ether oxygens (including phenoxy) is 1. The molecule has 9 heavy (non-hydrogen) atoms. The third-order valence-electron chi connectivity index (χ3n) is 0.916. The molecule has 0 bridgehead atoms. The van der Waals surface area contributed by atoms with Crippen molar-refractivity contribution < 1.29 is 4.74 Å². The highest BCUT2D eigenvalue weighted by Gasteiger charge is 1.88. The molecule has 0 aromatic carbocycles. The summed E-state index contributed by atoms with van der Waals surface area (Å²) in [5, 5.41) is 10.5. The zero-order valence-corrected chi connectivity index (χ0v) is 5.19. The molecule has 0 aliphatic carbocycles. The molecule has 0 saturated carbocycles. The van der Waals surface area contributed by atoms with E-state index in [1.54, 1.807) is 18.1 Å². The second kappa shape index (κ2) is 3.13. The van der Waals surface area contributed by atoms with Gasteiger partial charge >= 0.3 is 0 Å². The molecular weight excluding hydrogens is 120 g/mol. The van der Waals surface area contributed by atoms with Gasteiger partial charge in [-0.25, -0.2) is 4.68 Å². The Hall–Kier alpha value is -0.970. The molecule has 0 aliphatic heterocycles. The summed E-state index contributed by atoms with van der Waals surface area (Å²) in [4.78, 5) is 0. The average molecular weight is 128 g/mol. The lowest BCUT2D eigenvalue weighted by molar-refractivity contribution is 0.183. The number of hydrogen-bond acceptors (Lipinski definition) is 4. The molecule has 1 aromatic rings. The van der Waals surface area contributed by atoms with E-state index in [1.807, 2.05) is 0 Å². The number of nitrogens with zero attached hydrogens (tertiary/aromatic N) is 4. The Balaban J connectivity index is 2.30. The molecule has 1 heterocycles. The molecule has 50 valence electrons. The maximum Gasteiger partial charge on any atom is 0.138 e. The molecule has 5 nitrogen and oxygen atoms in total. The Morgan fingerprint density at radius 2 is 2.56 bits per heavy atom. The van der Waals surface area contributed by atoms with E-state index in [1.165, 1.54) is 0 Å². The first kappa shape index (κ1) is 6.15. The van der Waals surface area contributed by atoms with Crippen LogP contribution in [0.5, 0.6) is 0 Å². The van der Waals surface area contributed by atoms with Crippen LogP contribution in [0.3, 0.4) is 0 Å². The Morgan fingerprint density at radius 3 is 3.11 bits per heavy atom. The SMILES string of the molecule is COCCn1cnnn1. The monoisotopic (exact) mass is 128 g/mol. The first-order valence-electron chi connectivity index (χ1n) is 2.63. The third-order valence-corrected chi connectivity index (χ3v) is 0.916. The van der Waals surface area contributed by atoms with Crippen LogP contribution in [0.4, 0.5) is 0 Å². The van der Waals surface area contributed by atoms with Crippen LogP contribution in [0.2, 0.25) is 0 Å². The molecule has 0 amide bonds. The van der Waals surface area contributed by atoms with E-state index >= 15 is 0 Å². The van der Waals surface area contributed by atoms with Crippen LogP contribution in [-0.2, 0) is 11.3 Å². The summed E-state index contributed by atoms with van der Waals surface area (Å²) in [5.41, 5.74) is 0. The third kappa shape index (κ3) is 1.77. The van der Waals surface area contributed by atoms with Crippen molar-refractivity contribution >= 4 is 0 Å². The van der Waals surface area contributed by atoms with Crippen LogP contribution >= 0.6 is 0 Å². The van der Waals surface area contributed by atoms with Gasteiger partial charge < -0.3 is 4.74 Å². The summed E-state index contributed by atoms with van der Waals surface area (Å²) >= 11 is 0. The quantitative estimate of drug-likeness (QED) is 0.541. The number of hydrogen-bond donors (Lipinski definition) is 0. The summed E-state index contributed by atoms with van der Waals surface area (Å²) in [6.45, 7) is 1.36. The molecule has 1 rings (SSSR count). The average Bonchev–Trinajstić information content (AvgIpc) is 2.34. The lowest BCUT2D eigenvalue weighted by Gasteiger charge is -1.94. The van der Waals surface area contributed by atoms with Crippen molar-refractivity contribution in [3.05, 3.63) is 6.33 Å². The van der Waals surface area contributed by atoms with E-state index in [9.17, 15) is 0 Å². The lowest BCUT2D eigenvalue weighted by atomic mass is 10.7. The fourth-order valence-corrected chi connectivity index (χ4v) is 0.468. The fraction of sp³-hybridized carbons (Fsp3) is 0.750. The van der Waals surface area contributed by atoms with Crippen molar-refractivity contribution in [2.24, 2.45) is 0 Å².